The number of nitrogens with one attached hydrogen (secondary N) is 1. The molecule has 20 heavy (non-hydrogen) atoms. The first-order valence-electron chi connectivity index (χ1n) is 5.42. The van der Waals surface area contributed by atoms with Crippen molar-refractivity contribution in [2.24, 2.45) is 5.73 Å². The third-order valence-corrected chi connectivity index (χ3v) is 3.78. The van der Waals surface area contributed by atoms with Gasteiger partial charge in [-0.3, -0.25) is 0 Å². The minimum Gasteiger partial charge on any atom is -0.496 e. The van der Waals surface area contributed by atoms with E-state index < -0.39 is 16.0 Å². The summed E-state index contributed by atoms with van der Waals surface area (Å²) in [6, 6.07) is 3.89. The zero-order valence-electron chi connectivity index (χ0n) is 11.1. The third kappa shape index (κ3) is 4.34. The Bertz CT molecular complexity index is 562. The minimum absolute atomic E-state index is 0. The van der Waals surface area contributed by atoms with Crippen molar-refractivity contribution in [1.29, 1.82) is 0 Å². The average molecular weight is 325 g/mol. The second kappa shape index (κ2) is 8.05. The molecule has 0 radical (unpaired) electrons. The molecule has 0 atom stereocenters. The summed E-state index contributed by atoms with van der Waals surface area (Å²) in [5.74, 6) is -0.474. The lowest BCUT2D eigenvalue weighted by molar-refractivity contribution is 0.0597. The Kier molecular flexibility index (Phi) is 7.51. The van der Waals surface area contributed by atoms with Crippen LogP contribution in [0.2, 0.25) is 0 Å². The number of methoxy groups -OCH3 is 2. The molecule has 3 N–H and O–H groups in total. The van der Waals surface area contributed by atoms with Crippen molar-refractivity contribution in [3.8, 4) is 5.75 Å². The summed E-state index contributed by atoms with van der Waals surface area (Å²) in [4.78, 5) is 11.4. The van der Waals surface area contributed by atoms with Crippen molar-refractivity contribution in [2.45, 2.75) is 4.90 Å². The molecule has 0 aliphatic rings. The fourth-order valence-electron chi connectivity index (χ4n) is 1.39. The average Bonchev–Trinajstić information content (AvgIpc) is 2.43. The zero-order chi connectivity index (χ0) is 14.5. The van der Waals surface area contributed by atoms with Crippen LogP contribution in [0.3, 0.4) is 0 Å². The highest BCUT2D eigenvalue weighted by Gasteiger charge is 2.19. The number of sulfonamides is 1. The van der Waals surface area contributed by atoms with Gasteiger partial charge in [0.05, 0.1) is 19.1 Å². The molecule has 0 saturated heterocycles. The van der Waals surface area contributed by atoms with Gasteiger partial charge in [-0.1, -0.05) is 0 Å². The van der Waals surface area contributed by atoms with Crippen molar-refractivity contribution in [3.05, 3.63) is 23.8 Å². The molecule has 0 spiro atoms. The van der Waals surface area contributed by atoms with Crippen LogP contribution in [0, 0.1) is 0 Å². The number of carbonyl (C=O) groups is 1. The normalized spacial score (nSPS) is 10.6. The molecule has 0 aromatic heterocycles. The molecule has 0 unspecified atom stereocenters. The van der Waals surface area contributed by atoms with Gasteiger partial charge in [-0.2, -0.15) is 0 Å². The first kappa shape index (κ1) is 18.7. The van der Waals surface area contributed by atoms with Gasteiger partial charge in [-0.25, -0.2) is 17.9 Å². The molecule has 1 aromatic rings. The van der Waals surface area contributed by atoms with Crippen LogP contribution >= 0.6 is 12.4 Å². The fraction of sp³-hybridized carbons (Fsp3) is 0.364. The van der Waals surface area contributed by atoms with Crippen molar-refractivity contribution >= 4 is 28.4 Å². The van der Waals surface area contributed by atoms with E-state index in [4.69, 9.17) is 10.5 Å². The molecule has 9 heteroatoms. The molecule has 1 rings (SSSR count). The molecular weight excluding hydrogens is 308 g/mol. The van der Waals surface area contributed by atoms with Crippen LogP contribution in [0.1, 0.15) is 10.4 Å². The largest absolute Gasteiger partial charge is 0.496 e. The van der Waals surface area contributed by atoms with Crippen molar-refractivity contribution in [3.63, 3.8) is 0 Å². The van der Waals surface area contributed by atoms with E-state index in [-0.39, 0.29) is 41.7 Å². The summed E-state index contributed by atoms with van der Waals surface area (Å²) in [6.45, 7) is 0.319. The van der Waals surface area contributed by atoms with Crippen molar-refractivity contribution in [1.82, 2.24) is 4.72 Å². The highest BCUT2D eigenvalue weighted by molar-refractivity contribution is 7.89. The predicted molar refractivity (Wildman–Crippen MR) is 75.8 cm³/mol. The van der Waals surface area contributed by atoms with Gasteiger partial charge in [0.2, 0.25) is 10.0 Å². The monoisotopic (exact) mass is 324 g/mol. The van der Waals surface area contributed by atoms with E-state index in [9.17, 15) is 13.2 Å². The standard InChI is InChI=1S/C11H16N2O5S.ClH/c1-17-10-7-8(19(15,16)13-6-5-12)3-4-9(10)11(14)18-2;/h3-4,7,13H,5-6,12H2,1-2H3;1H. The Morgan fingerprint density at radius 2 is 2.00 bits per heavy atom. The van der Waals surface area contributed by atoms with Gasteiger partial charge in [0.15, 0.2) is 0 Å². The Morgan fingerprint density at radius 1 is 1.35 bits per heavy atom. The molecule has 114 valence electrons. The van der Waals surface area contributed by atoms with Crippen LogP contribution in [-0.2, 0) is 14.8 Å². The maximum Gasteiger partial charge on any atom is 0.341 e. The van der Waals surface area contributed by atoms with E-state index in [2.05, 4.69) is 9.46 Å². The maximum absolute atomic E-state index is 11.9. The van der Waals surface area contributed by atoms with Crippen LogP contribution in [0.5, 0.6) is 5.75 Å². The molecule has 0 heterocycles. The summed E-state index contributed by atoms with van der Waals surface area (Å²) in [6.07, 6.45) is 0. The smallest absolute Gasteiger partial charge is 0.341 e. The second-order valence-corrected chi connectivity index (χ2v) is 5.31. The zero-order valence-corrected chi connectivity index (χ0v) is 12.7. The lowest BCUT2D eigenvalue weighted by Gasteiger charge is -2.10. The number of hydrogen-bond acceptors (Lipinski definition) is 6. The van der Waals surface area contributed by atoms with Crippen LogP contribution < -0.4 is 15.2 Å². The lowest BCUT2D eigenvalue weighted by Crippen LogP contribution is -2.29. The van der Waals surface area contributed by atoms with Gasteiger partial charge in [-0.05, 0) is 12.1 Å². The van der Waals surface area contributed by atoms with Crippen molar-refractivity contribution in [2.75, 3.05) is 27.3 Å². The number of benzene rings is 1. The van der Waals surface area contributed by atoms with E-state index in [1.165, 1.54) is 32.4 Å². The molecular formula is C11H17ClN2O5S. The SMILES string of the molecule is COC(=O)c1ccc(S(=O)(=O)NCCN)cc1OC.Cl. The molecule has 7 nitrogen and oxygen atoms in total. The number of esters is 1. The van der Waals surface area contributed by atoms with Crippen molar-refractivity contribution < 1.29 is 22.7 Å². The number of halogens is 1. The molecule has 0 saturated carbocycles. The summed E-state index contributed by atoms with van der Waals surface area (Å²) in [5, 5.41) is 0. The van der Waals surface area contributed by atoms with E-state index >= 15 is 0 Å². The molecule has 1 aromatic carbocycles. The highest BCUT2D eigenvalue weighted by atomic mass is 35.5. The fourth-order valence-corrected chi connectivity index (χ4v) is 2.46. The lowest BCUT2D eigenvalue weighted by atomic mass is 10.2. The molecule has 0 aliphatic heterocycles. The minimum atomic E-state index is -3.67. The molecule has 0 fully saturated rings. The quantitative estimate of drug-likeness (QED) is 0.721. The van der Waals surface area contributed by atoms with Gasteiger partial charge in [0, 0.05) is 19.2 Å². The Hall–Kier alpha value is -1.35. The van der Waals surface area contributed by atoms with E-state index in [1.54, 1.807) is 0 Å². The number of rotatable bonds is 6. The Morgan fingerprint density at radius 3 is 2.50 bits per heavy atom. The topological polar surface area (TPSA) is 108 Å². The number of hydrogen-bond donors (Lipinski definition) is 2. The maximum atomic E-state index is 11.9. The Labute approximate surface area is 123 Å². The van der Waals surface area contributed by atoms with E-state index in [1.807, 2.05) is 0 Å². The Balaban J connectivity index is 0.00000361. The van der Waals surface area contributed by atoms with Gasteiger partial charge in [-0.15, -0.1) is 12.4 Å². The van der Waals surface area contributed by atoms with Gasteiger partial charge < -0.3 is 15.2 Å². The van der Waals surface area contributed by atoms with E-state index in [0.29, 0.717) is 0 Å². The number of nitrogens with two attached hydrogens (primary N) is 1. The van der Waals surface area contributed by atoms with Crippen LogP contribution in [0.4, 0.5) is 0 Å². The van der Waals surface area contributed by atoms with Crippen LogP contribution in [-0.4, -0.2) is 41.7 Å². The second-order valence-electron chi connectivity index (χ2n) is 3.54. The first-order valence-corrected chi connectivity index (χ1v) is 6.90. The van der Waals surface area contributed by atoms with Gasteiger partial charge in [0.25, 0.3) is 0 Å². The summed E-state index contributed by atoms with van der Waals surface area (Å²) < 4.78 is 35.6. The number of carbonyl (C=O) groups excluding carboxylic acids is 1. The summed E-state index contributed by atoms with van der Waals surface area (Å²) >= 11 is 0. The predicted octanol–water partition coefficient (Wildman–Crippen LogP) is 0.141. The van der Waals surface area contributed by atoms with Gasteiger partial charge >= 0.3 is 5.97 Å². The third-order valence-electron chi connectivity index (χ3n) is 2.33. The first-order chi connectivity index (χ1) is 8.96. The molecule has 0 bridgehead atoms. The summed E-state index contributed by atoms with van der Waals surface area (Å²) in [5.41, 5.74) is 5.39. The van der Waals surface area contributed by atoms with E-state index in [0.717, 1.165) is 0 Å². The molecule has 0 amide bonds. The molecule has 0 aliphatic carbocycles. The van der Waals surface area contributed by atoms with Gasteiger partial charge in [0.1, 0.15) is 11.3 Å². The number of ether oxygens (including phenoxy) is 2. The summed E-state index contributed by atoms with van der Waals surface area (Å²) in [7, 11) is -1.10. The van der Waals surface area contributed by atoms with Crippen LogP contribution in [0.25, 0.3) is 0 Å². The van der Waals surface area contributed by atoms with Crippen LogP contribution in [0.15, 0.2) is 23.1 Å². The highest BCUT2D eigenvalue weighted by Crippen LogP contribution is 2.23.